The van der Waals surface area contributed by atoms with Crippen LogP contribution in [0.5, 0.6) is 0 Å². The van der Waals surface area contributed by atoms with Gasteiger partial charge in [0.1, 0.15) is 0 Å². The second-order valence-corrected chi connectivity index (χ2v) is 9.21. The van der Waals surface area contributed by atoms with Gasteiger partial charge in [-0.25, -0.2) is 0 Å². The summed E-state index contributed by atoms with van der Waals surface area (Å²) in [5.74, 6) is 0. The maximum absolute atomic E-state index is 4.35. The number of aryl methyl sites for hydroxylation is 2. The molecule has 2 nitrogen and oxygen atoms in total. The Bertz CT molecular complexity index is 428. The van der Waals surface area contributed by atoms with Crippen molar-refractivity contribution >= 4 is 39.9 Å². The van der Waals surface area contributed by atoms with Crippen molar-refractivity contribution in [3.05, 3.63) is 35.4 Å². The van der Waals surface area contributed by atoms with E-state index in [0.717, 1.165) is 30.7 Å². The zero-order valence-electron chi connectivity index (χ0n) is 12.4. The van der Waals surface area contributed by atoms with Gasteiger partial charge in [-0.2, -0.15) is 0 Å². The van der Waals surface area contributed by atoms with E-state index in [1.807, 2.05) is 14.1 Å². The van der Waals surface area contributed by atoms with E-state index in [4.69, 9.17) is 0 Å². The van der Waals surface area contributed by atoms with Gasteiger partial charge in [0.05, 0.1) is 11.4 Å². The van der Waals surface area contributed by atoms with Crippen LogP contribution in [0.3, 0.4) is 0 Å². The molecular weight excluding hydrogens is 427 g/mol. The molecule has 0 spiro atoms. The molecule has 20 heavy (non-hydrogen) atoms. The quantitative estimate of drug-likeness (QED) is 0.438. The number of benzene rings is 1. The van der Waals surface area contributed by atoms with Gasteiger partial charge in [-0.05, 0) is 31.7 Å². The monoisotopic (exact) mass is 446 g/mol. The summed E-state index contributed by atoms with van der Waals surface area (Å²) in [4.78, 5) is 8.64. The average molecular weight is 449 g/mol. The molecule has 0 atom stereocenters. The molecule has 0 fully saturated rings. The maximum atomic E-state index is 4.35. The fourth-order valence-electron chi connectivity index (χ4n) is 1.89. The Labute approximate surface area is 142 Å². The van der Waals surface area contributed by atoms with Crippen LogP contribution in [0.4, 0.5) is 0 Å². The molecule has 0 heterocycles. The van der Waals surface area contributed by atoms with Gasteiger partial charge in [-0.15, -0.1) is 0 Å². The first-order chi connectivity index (χ1) is 9.62. The van der Waals surface area contributed by atoms with Crippen LogP contribution in [-0.4, -0.2) is 25.5 Å². The summed E-state index contributed by atoms with van der Waals surface area (Å²) in [6, 6.07) is 8.70. The minimum atomic E-state index is 0.955. The molecule has 0 aliphatic rings. The number of rotatable bonds is 5. The Morgan fingerprint density at radius 1 is 1.05 bits per heavy atom. The van der Waals surface area contributed by atoms with E-state index < -0.39 is 0 Å². The van der Waals surface area contributed by atoms with Gasteiger partial charge >= 0.3 is 39.3 Å². The van der Waals surface area contributed by atoms with Gasteiger partial charge in [-0.3, -0.25) is 9.98 Å². The second-order valence-electron chi connectivity index (χ2n) is 4.22. The first-order valence-electron chi connectivity index (χ1n) is 6.42. The van der Waals surface area contributed by atoms with Crippen LogP contribution in [0.1, 0.15) is 30.9 Å². The molecule has 0 saturated carbocycles. The van der Waals surface area contributed by atoms with E-state index in [0.29, 0.717) is 0 Å². The van der Waals surface area contributed by atoms with Crippen LogP contribution in [-0.2, 0) is 17.3 Å². The molecule has 0 aliphatic heterocycles. The minimum absolute atomic E-state index is 0.955. The third kappa shape index (κ3) is 8.33. The fraction of sp³-hybridized carbons (Fsp3) is 0.467. The van der Waals surface area contributed by atoms with Crippen molar-refractivity contribution in [2.24, 2.45) is 9.98 Å². The molecule has 0 saturated heterocycles. The summed E-state index contributed by atoms with van der Waals surface area (Å²) in [6.45, 7) is 4.24. The van der Waals surface area contributed by atoms with Crippen LogP contribution in [0.2, 0.25) is 0 Å². The molecule has 0 radical (unpaired) electrons. The van der Waals surface area contributed by atoms with Crippen molar-refractivity contribution < 1.29 is 10.9 Å². The van der Waals surface area contributed by atoms with Gasteiger partial charge in [0.25, 0.3) is 0 Å². The van der Waals surface area contributed by atoms with E-state index in [1.165, 1.54) is 22.0 Å². The Balaban J connectivity index is 0.00000110. The summed E-state index contributed by atoms with van der Waals surface area (Å²) in [5, 5.41) is 0. The number of hydrogen-bond donors (Lipinski definition) is 0. The van der Waals surface area contributed by atoms with E-state index >= 15 is 0 Å². The predicted molar refractivity (Wildman–Crippen MR) is 94.4 cm³/mol. The average Bonchev–Trinajstić information content (AvgIpc) is 2.46. The van der Waals surface area contributed by atoms with Crippen molar-refractivity contribution in [2.45, 2.75) is 33.1 Å². The first kappa shape index (κ1) is 20.0. The van der Waals surface area contributed by atoms with E-state index in [9.17, 15) is 0 Å². The molecule has 1 aromatic carbocycles. The van der Waals surface area contributed by atoms with Crippen molar-refractivity contribution in [3.63, 3.8) is 0 Å². The van der Waals surface area contributed by atoms with Gasteiger partial charge in [0, 0.05) is 14.1 Å². The summed E-state index contributed by atoms with van der Waals surface area (Å²) < 4.78 is 0. The van der Waals surface area contributed by atoms with Crippen LogP contribution in [0, 0.1) is 6.92 Å². The zero-order valence-corrected chi connectivity index (χ0v) is 16.6. The summed E-state index contributed by atoms with van der Waals surface area (Å²) in [6.07, 6.45) is 2.96. The SMILES string of the molecule is CCC(=NC)C(CCc1ccc(C)cc1)=NC.[Br][Ni][Br]. The van der Waals surface area contributed by atoms with Gasteiger partial charge in [-0.1, -0.05) is 36.8 Å². The molecule has 0 aliphatic carbocycles. The molecule has 1 rings (SSSR count). The van der Waals surface area contributed by atoms with Gasteiger partial charge in [0.15, 0.2) is 0 Å². The van der Waals surface area contributed by atoms with Crippen molar-refractivity contribution in [1.82, 2.24) is 0 Å². The Hall–Kier alpha value is 0.0135. The molecule has 5 heteroatoms. The molecule has 0 aromatic heterocycles. The van der Waals surface area contributed by atoms with Gasteiger partial charge in [0.2, 0.25) is 0 Å². The van der Waals surface area contributed by atoms with Crippen LogP contribution < -0.4 is 0 Å². The Morgan fingerprint density at radius 3 is 1.95 bits per heavy atom. The van der Waals surface area contributed by atoms with Crippen LogP contribution >= 0.6 is 28.5 Å². The molecule has 1 aromatic rings. The fourth-order valence-corrected chi connectivity index (χ4v) is 1.89. The van der Waals surface area contributed by atoms with Crippen molar-refractivity contribution in [2.75, 3.05) is 14.1 Å². The van der Waals surface area contributed by atoms with E-state index in [2.05, 4.69) is 76.5 Å². The summed E-state index contributed by atoms with van der Waals surface area (Å²) in [7, 11) is 4.95. The van der Waals surface area contributed by atoms with Crippen molar-refractivity contribution in [1.29, 1.82) is 0 Å². The Kier molecular flexibility index (Phi) is 12.7. The predicted octanol–water partition coefficient (Wildman–Crippen LogP) is 5.17. The number of nitrogens with zero attached hydrogens (tertiary/aromatic N) is 2. The number of aliphatic imine (C=N–C) groups is 2. The summed E-state index contributed by atoms with van der Waals surface area (Å²) >= 11 is 6.00. The zero-order chi connectivity index (χ0) is 15.4. The Morgan fingerprint density at radius 2 is 1.55 bits per heavy atom. The standard InChI is InChI=1S/C15H22N2.2BrH.Ni/c1-5-14(16-3)15(17-4)11-10-13-8-6-12(2)7-9-13;;;/h6-9H,5,10-11H2,1-4H3;2*1H;/q;;;+2/p-2. The van der Waals surface area contributed by atoms with Crippen molar-refractivity contribution in [3.8, 4) is 0 Å². The van der Waals surface area contributed by atoms with Crippen LogP contribution in [0.25, 0.3) is 0 Å². The normalized spacial score (nSPS) is 12.1. The number of hydrogen-bond acceptors (Lipinski definition) is 2. The third-order valence-electron chi connectivity index (χ3n) is 2.98. The topological polar surface area (TPSA) is 24.7 Å². The summed E-state index contributed by atoms with van der Waals surface area (Å²) in [5.41, 5.74) is 4.93. The molecule has 116 valence electrons. The van der Waals surface area contributed by atoms with Gasteiger partial charge < -0.3 is 0 Å². The molecule has 0 bridgehead atoms. The van der Waals surface area contributed by atoms with E-state index in [1.54, 1.807) is 0 Å². The van der Waals surface area contributed by atoms with E-state index in [-0.39, 0.29) is 0 Å². The third-order valence-corrected chi connectivity index (χ3v) is 2.98. The number of halogens is 2. The van der Waals surface area contributed by atoms with Crippen LogP contribution in [0.15, 0.2) is 34.3 Å². The molecule has 0 unspecified atom stereocenters. The molecular formula is C15H22Br2N2Ni. The molecule has 0 amide bonds. The second kappa shape index (κ2) is 12.7. The first-order valence-corrected chi connectivity index (χ1v) is 11.3. The molecule has 0 N–H and O–H groups in total.